The molecule has 336 valence electrons. The summed E-state index contributed by atoms with van der Waals surface area (Å²) in [7, 11) is 0. The van der Waals surface area contributed by atoms with Crippen LogP contribution in [0.1, 0.15) is 151 Å². The van der Waals surface area contributed by atoms with Gasteiger partial charge in [0.1, 0.15) is 0 Å². The molecule has 7 aromatic rings. The molecule has 8 saturated carbocycles. The van der Waals surface area contributed by atoms with Crippen molar-refractivity contribution in [1.29, 1.82) is 0 Å². The van der Waals surface area contributed by atoms with Crippen molar-refractivity contribution >= 4 is 67.4 Å². The Morgan fingerprint density at radius 2 is 1.07 bits per heavy atom. The van der Waals surface area contributed by atoms with E-state index in [0.717, 1.165) is 35.5 Å². The first-order valence-electron chi connectivity index (χ1n) is 27.1. The van der Waals surface area contributed by atoms with Gasteiger partial charge in [0, 0.05) is 44.4 Å². The first-order chi connectivity index (χ1) is 32.3. The quantitative estimate of drug-likeness (QED) is 0.161. The Bertz CT molecular complexity index is 3300. The third-order valence-electron chi connectivity index (χ3n) is 21.4. The summed E-state index contributed by atoms with van der Waals surface area (Å²) in [6.45, 7) is 14.8. The minimum atomic E-state index is 0.0677. The summed E-state index contributed by atoms with van der Waals surface area (Å²) in [6, 6.07) is 38.5. The van der Waals surface area contributed by atoms with Gasteiger partial charge in [-0.15, -0.1) is 0 Å². The van der Waals surface area contributed by atoms with E-state index < -0.39 is 0 Å². The van der Waals surface area contributed by atoms with Crippen LogP contribution in [0.15, 0.2) is 91.0 Å². The first-order valence-corrected chi connectivity index (χ1v) is 27.1. The number of rotatable bonds is 3. The molecule has 0 unspecified atom stereocenters. The Balaban J connectivity index is 1.00. The van der Waals surface area contributed by atoms with Crippen molar-refractivity contribution in [2.45, 2.75) is 153 Å². The molecule has 2 nitrogen and oxygen atoms in total. The Morgan fingerprint density at radius 3 is 1.70 bits per heavy atom. The maximum absolute atomic E-state index is 2.89. The zero-order chi connectivity index (χ0) is 44.7. The SMILES string of the molecule is Cc1cc2c3c(c1)N(c1cc4c(cc1C)C(C)(C)CCC4(C)C)c1cc4ccccc4cc1B3n1c3ccc(C45CC6CC(CC(C6)C4)C5)cc3c3cc(C45CC6CC(CC(C6)C4)C5)cc-2c31. The summed E-state index contributed by atoms with van der Waals surface area (Å²) >= 11 is 0. The van der Waals surface area contributed by atoms with Crippen molar-refractivity contribution in [3.05, 3.63) is 124 Å². The Kier molecular flexibility index (Phi) is 7.42. The summed E-state index contributed by atoms with van der Waals surface area (Å²) in [4.78, 5) is 2.75. The second-order valence-electron chi connectivity index (χ2n) is 26.6. The lowest BCUT2D eigenvalue weighted by atomic mass is 9.44. The van der Waals surface area contributed by atoms with E-state index in [-0.39, 0.29) is 17.7 Å². The first kappa shape index (κ1) is 39.1. The Hall–Kier alpha value is -4.76. The summed E-state index contributed by atoms with van der Waals surface area (Å²) in [6.07, 6.45) is 19.8. The number of hydrogen-bond donors (Lipinski definition) is 0. The van der Waals surface area contributed by atoms with Crippen LogP contribution in [0.5, 0.6) is 0 Å². The number of nitrogens with zero attached hydrogens (tertiary/aromatic N) is 2. The molecule has 9 aliphatic carbocycles. The lowest BCUT2D eigenvalue weighted by molar-refractivity contribution is -0.00527. The summed E-state index contributed by atoms with van der Waals surface area (Å²) in [5.41, 5.74) is 23.0. The molecule has 0 N–H and O–H groups in total. The normalized spacial score (nSPS) is 31.8. The van der Waals surface area contributed by atoms with Crippen LogP contribution < -0.4 is 15.8 Å². The van der Waals surface area contributed by atoms with Gasteiger partial charge in [0.15, 0.2) is 0 Å². The van der Waals surface area contributed by atoms with Gasteiger partial charge in [0.25, 0.3) is 0 Å². The van der Waals surface area contributed by atoms with Crippen LogP contribution >= 0.6 is 0 Å². The van der Waals surface area contributed by atoms with Crippen molar-refractivity contribution in [2.75, 3.05) is 4.90 Å². The second-order valence-corrected chi connectivity index (χ2v) is 26.6. The average molecular weight is 875 g/mol. The third-order valence-corrected chi connectivity index (χ3v) is 21.4. The van der Waals surface area contributed by atoms with Crippen molar-refractivity contribution in [3.8, 4) is 11.1 Å². The monoisotopic (exact) mass is 875 g/mol. The summed E-state index contributed by atoms with van der Waals surface area (Å²) in [5.74, 6) is 5.53. The van der Waals surface area contributed by atoms with Gasteiger partial charge >= 0.3 is 6.85 Å². The smallest absolute Gasteiger partial charge is 0.333 e. The molecule has 3 heterocycles. The molecule has 0 spiro atoms. The van der Waals surface area contributed by atoms with Crippen LogP contribution in [0.25, 0.3) is 43.7 Å². The molecular weight excluding hydrogens is 808 g/mol. The molecule has 0 atom stereocenters. The maximum atomic E-state index is 2.89. The number of aryl methyl sites for hydroxylation is 2. The second kappa shape index (κ2) is 12.7. The molecule has 1 aromatic heterocycles. The van der Waals surface area contributed by atoms with E-state index in [1.54, 1.807) is 22.1 Å². The third kappa shape index (κ3) is 5.15. The fourth-order valence-corrected chi connectivity index (χ4v) is 19.1. The minimum Gasteiger partial charge on any atom is -0.375 e. The van der Waals surface area contributed by atoms with Gasteiger partial charge in [-0.25, -0.2) is 0 Å². The molecule has 6 aromatic carbocycles. The van der Waals surface area contributed by atoms with Crippen molar-refractivity contribution < 1.29 is 0 Å². The lowest BCUT2D eigenvalue weighted by Crippen LogP contribution is -2.56. The minimum absolute atomic E-state index is 0.0677. The Labute approximate surface area is 399 Å². The van der Waals surface area contributed by atoms with E-state index in [1.165, 1.54) is 173 Å². The van der Waals surface area contributed by atoms with E-state index in [0.29, 0.717) is 10.8 Å². The zero-order valence-electron chi connectivity index (χ0n) is 41.0. The van der Waals surface area contributed by atoms with Crippen molar-refractivity contribution in [3.63, 3.8) is 0 Å². The maximum Gasteiger partial charge on any atom is 0.333 e. The summed E-state index contributed by atoms with van der Waals surface area (Å²) < 4.78 is 2.89. The van der Waals surface area contributed by atoms with E-state index in [9.17, 15) is 0 Å². The molecular formula is C64H67BN2. The molecule has 0 saturated heterocycles. The van der Waals surface area contributed by atoms with E-state index in [4.69, 9.17) is 0 Å². The van der Waals surface area contributed by atoms with Gasteiger partial charge in [0.2, 0.25) is 0 Å². The topological polar surface area (TPSA) is 8.17 Å². The molecule has 8 bridgehead atoms. The van der Waals surface area contributed by atoms with Gasteiger partial charge in [-0.2, -0.15) is 0 Å². The molecule has 0 radical (unpaired) electrons. The van der Waals surface area contributed by atoms with Crippen LogP contribution in [0.2, 0.25) is 0 Å². The highest BCUT2D eigenvalue weighted by molar-refractivity contribution is 6.90. The van der Waals surface area contributed by atoms with Crippen LogP contribution in [-0.4, -0.2) is 11.3 Å². The predicted molar refractivity (Wildman–Crippen MR) is 282 cm³/mol. The Morgan fingerprint density at radius 1 is 0.507 bits per heavy atom. The van der Waals surface area contributed by atoms with E-state index >= 15 is 0 Å². The standard InChI is InChI=1S/C64H67BN2/c1-36-15-49-51-28-47(64-33-41-21-42(34-64)23-43(22-41)35-64)27-50-48-26-46(63-30-38-18-39(31-63)20-40(19-38)32-63)11-12-55(48)67(60(50)51)65-54-24-44-9-7-8-10-45(44)25-57(54)66(58(16-36)59(49)65)56-29-53-52(17-37(56)2)61(3,4)13-14-62(53,5)6/h7-12,15-17,24-29,38-43H,13-14,18-23,30-35H2,1-6H3. The molecule has 8 fully saturated rings. The van der Waals surface area contributed by atoms with Crippen LogP contribution in [0.4, 0.5) is 17.1 Å². The lowest BCUT2D eigenvalue weighted by Gasteiger charge is -2.57. The van der Waals surface area contributed by atoms with Crippen LogP contribution in [-0.2, 0) is 21.7 Å². The molecule has 18 rings (SSSR count). The molecule has 67 heavy (non-hydrogen) atoms. The highest BCUT2D eigenvalue weighted by atomic mass is 15.2. The van der Waals surface area contributed by atoms with Gasteiger partial charge in [-0.1, -0.05) is 76.2 Å². The van der Waals surface area contributed by atoms with E-state index in [1.807, 2.05) is 0 Å². The largest absolute Gasteiger partial charge is 0.375 e. The summed E-state index contributed by atoms with van der Waals surface area (Å²) in [5, 5.41) is 5.72. The zero-order valence-corrected chi connectivity index (χ0v) is 41.0. The fraction of sp³-hybridized carbons (Fsp3) is 0.469. The van der Waals surface area contributed by atoms with Crippen molar-refractivity contribution in [1.82, 2.24) is 4.48 Å². The number of anilines is 3. The predicted octanol–water partition coefficient (Wildman–Crippen LogP) is 15.3. The highest BCUT2D eigenvalue weighted by Gasteiger charge is 2.54. The number of hydrogen-bond acceptors (Lipinski definition) is 1. The number of benzene rings is 6. The number of fused-ring (bicyclic) bond motifs is 9. The van der Waals surface area contributed by atoms with Crippen LogP contribution in [0, 0.1) is 49.4 Å². The van der Waals surface area contributed by atoms with Crippen LogP contribution in [0.3, 0.4) is 0 Å². The number of aromatic nitrogens is 1. The average Bonchev–Trinajstić information content (AvgIpc) is 3.61. The molecule has 11 aliphatic rings. The van der Waals surface area contributed by atoms with Gasteiger partial charge in [-0.05, 0) is 264 Å². The van der Waals surface area contributed by atoms with E-state index in [2.05, 4.69) is 142 Å². The van der Waals surface area contributed by atoms with Crippen molar-refractivity contribution in [2.24, 2.45) is 35.5 Å². The molecule has 0 amide bonds. The highest BCUT2D eigenvalue weighted by Crippen LogP contribution is 2.64. The fourth-order valence-electron chi connectivity index (χ4n) is 19.1. The van der Waals surface area contributed by atoms with Gasteiger partial charge in [0.05, 0.1) is 0 Å². The molecule has 3 heteroatoms. The molecule has 2 aliphatic heterocycles. The van der Waals surface area contributed by atoms with Gasteiger partial charge in [-0.3, -0.25) is 0 Å². The van der Waals surface area contributed by atoms with Gasteiger partial charge < -0.3 is 9.38 Å².